The first-order valence-corrected chi connectivity index (χ1v) is 11.6. The topological polar surface area (TPSA) is 89.2 Å². The molecule has 1 N–H and O–H groups in total. The van der Waals surface area contributed by atoms with E-state index >= 15 is 0 Å². The van der Waals surface area contributed by atoms with E-state index in [2.05, 4.69) is 11.9 Å². The van der Waals surface area contributed by atoms with Crippen LogP contribution in [0.4, 0.5) is 5.69 Å². The Bertz CT molecular complexity index is 1500. The van der Waals surface area contributed by atoms with Gasteiger partial charge in [0.05, 0.1) is 12.8 Å². The van der Waals surface area contributed by atoms with Crippen LogP contribution in [-0.2, 0) is 4.79 Å². The van der Waals surface area contributed by atoms with Gasteiger partial charge >= 0.3 is 0 Å². The number of benzene rings is 3. The molecule has 0 aliphatic heterocycles. The molecular formula is C30H26N4O3. The van der Waals surface area contributed by atoms with Crippen LogP contribution in [0.1, 0.15) is 11.1 Å². The zero-order chi connectivity index (χ0) is 26.2. The number of amides is 1. The molecule has 0 saturated heterocycles. The average molecular weight is 491 g/mol. The third-order valence-electron chi connectivity index (χ3n) is 5.58. The van der Waals surface area contributed by atoms with Crippen molar-refractivity contribution in [3.05, 3.63) is 108 Å². The zero-order valence-corrected chi connectivity index (χ0v) is 20.6. The summed E-state index contributed by atoms with van der Waals surface area (Å²) in [5.74, 6) is 0.790. The number of methoxy groups -OCH3 is 1. The van der Waals surface area contributed by atoms with Gasteiger partial charge in [-0.15, -0.1) is 0 Å². The third-order valence-corrected chi connectivity index (χ3v) is 5.58. The fourth-order valence-electron chi connectivity index (χ4n) is 3.77. The summed E-state index contributed by atoms with van der Waals surface area (Å²) in [4.78, 5) is 13.0. The zero-order valence-electron chi connectivity index (χ0n) is 20.6. The number of para-hydroxylation sites is 1. The number of hydrogen-bond acceptors (Lipinski definition) is 5. The summed E-state index contributed by atoms with van der Waals surface area (Å²) in [6, 6.07) is 24.3. The van der Waals surface area contributed by atoms with Crippen LogP contribution in [-0.4, -0.2) is 29.4 Å². The van der Waals surface area contributed by atoms with Crippen LogP contribution < -0.4 is 14.8 Å². The normalized spacial score (nSPS) is 10.9. The van der Waals surface area contributed by atoms with Crippen molar-refractivity contribution in [2.75, 3.05) is 19.0 Å². The van der Waals surface area contributed by atoms with E-state index in [9.17, 15) is 10.1 Å². The Labute approximate surface area is 215 Å². The maximum Gasteiger partial charge on any atom is 0.266 e. The van der Waals surface area contributed by atoms with E-state index in [0.29, 0.717) is 29.3 Å². The van der Waals surface area contributed by atoms with Crippen LogP contribution in [0.25, 0.3) is 23.0 Å². The van der Waals surface area contributed by atoms with Crippen molar-refractivity contribution in [3.63, 3.8) is 0 Å². The monoisotopic (exact) mass is 490 g/mol. The van der Waals surface area contributed by atoms with Crippen molar-refractivity contribution in [2.45, 2.75) is 6.92 Å². The van der Waals surface area contributed by atoms with E-state index in [0.717, 1.165) is 22.6 Å². The molecule has 184 valence electrons. The number of ether oxygens (including phenoxy) is 2. The number of carbonyl (C=O) groups is 1. The van der Waals surface area contributed by atoms with Gasteiger partial charge in [-0.1, -0.05) is 36.9 Å². The van der Waals surface area contributed by atoms with Crippen LogP contribution in [0.2, 0.25) is 0 Å². The number of nitrogens with zero attached hydrogens (tertiary/aromatic N) is 3. The average Bonchev–Trinajstić information content (AvgIpc) is 3.34. The third kappa shape index (κ3) is 5.95. The number of nitrogens with one attached hydrogen (secondary N) is 1. The first-order valence-electron chi connectivity index (χ1n) is 11.6. The highest BCUT2D eigenvalue weighted by atomic mass is 16.5. The number of aromatic nitrogens is 2. The van der Waals surface area contributed by atoms with Crippen LogP contribution >= 0.6 is 0 Å². The van der Waals surface area contributed by atoms with E-state index in [1.165, 1.54) is 0 Å². The molecule has 37 heavy (non-hydrogen) atoms. The molecule has 7 heteroatoms. The molecule has 0 radical (unpaired) electrons. The van der Waals surface area contributed by atoms with Crippen LogP contribution in [0.15, 0.2) is 97.2 Å². The van der Waals surface area contributed by atoms with Gasteiger partial charge in [0.15, 0.2) is 0 Å². The summed E-state index contributed by atoms with van der Waals surface area (Å²) in [5.41, 5.74) is 4.39. The molecule has 0 aliphatic carbocycles. The molecule has 4 aromatic rings. The van der Waals surface area contributed by atoms with E-state index < -0.39 is 5.91 Å². The minimum Gasteiger partial charge on any atom is -0.497 e. The molecular weight excluding hydrogens is 464 g/mol. The highest BCUT2D eigenvalue weighted by Gasteiger charge is 2.17. The number of carbonyl (C=O) groups excluding carboxylic acids is 1. The van der Waals surface area contributed by atoms with Crippen LogP contribution in [0, 0.1) is 18.3 Å². The second-order valence-electron chi connectivity index (χ2n) is 8.15. The number of rotatable bonds is 9. The van der Waals surface area contributed by atoms with Crippen molar-refractivity contribution in [2.24, 2.45) is 0 Å². The second-order valence-corrected chi connectivity index (χ2v) is 8.15. The first-order chi connectivity index (χ1) is 18.0. The van der Waals surface area contributed by atoms with Gasteiger partial charge < -0.3 is 14.8 Å². The number of aryl methyl sites for hydroxylation is 1. The highest BCUT2D eigenvalue weighted by Crippen LogP contribution is 2.31. The summed E-state index contributed by atoms with van der Waals surface area (Å²) in [5, 5.41) is 17.4. The van der Waals surface area contributed by atoms with Crippen molar-refractivity contribution in [1.82, 2.24) is 9.78 Å². The van der Waals surface area contributed by atoms with Gasteiger partial charge in [-0.25, -0.2) is 4.68 Å². The lowest BCUT2D eigenvalue weighted by Gasteiger charge is -2.09. The fourth-order valence-corrected chi connectivity index (χ4v) is 3.77. The molecule has 1 heterocycles. The van der Waals surface area contributed by atoms with Crippen molar-refractivity contribution < 1.29 is 14.3 Å². The van der Waals surface area contributed by atoms with Gasteiger partial charge in [-0.3, -0.25) is 4.79 Å². The Morgan fingerprint density at radius 1 is 1.11 bits per heavy atom. The van der Waals surface area contributed by atoms with Gasteiger partial charge in [0.2, 0.25) is 0 Å². The molecule has 0 aliphatic rings. The standard InChI is InChI=1S/C30H26N4O3/c1-4-15-37-27-13-14-28(21(2)16-27)29-23(20-34(33-29)25-10-6-5-7-11-25)17-22(19-31)30(35)32-24-9-8-12-26(18-24)36-3/h4-14,16-18,20H,1,15H2,2-3H3,(H,32,35). The number of nitriles is 1. The van der Waals surface area contributed by atoms with Gasteiger partial charge in [0.1, 0.15) is 35.4 Å². The number of anilines is 1. The van der Waals surface area contributed by atoms with Crippen LogP contribution in [0.3, 0.4) is 0 Å². The minimum atomic E-state index is -0.529. The molecule has 0 unspecified atom stereocenters. The van der Waals surface area contributed by atoms with Gasteiger partial charge in [0, 0.05) is 29.1 Å². The first kappa shape index (κ1) is 25.0. The SMILES string of the molecule is C=CCOc1ccc(-c2nn(-c3ccccc3)cc2C=C(C#N)C(=O)Nc2cccc(OC)c2)c(C)c1. The van der Waals surface area contributed by atoms with Gasteiger partial charge in [-0.05, 0) is 61.0 Å². The highest BCUT2D eigenvalue weighted by molar-refractivity contribution is 6.10. The van der Waals surface area contributed by atoms with E-state index in [4.69, 9.17) is 14.6 Å². The predicted molar refractivity (Wildman–Crippen MR) is 145 cm³/mol. The summed E-state index contributed by atoms with van der Waals surface area (Å²) in [6.45, 7) is 6.05. The van der Waals surface area contributed by atoms with E-state index in [1.54, 1.807) is 48.2 Å². The minimum absolute atomic E-state index is 0.0553. The maximum atomic E-state index is 13.0. The van der Waals surface area contributed by atoms with Gasteiger partial charge in [0.25, 0.3) is 5.91 Å². The lowest BCUT2D eigenvalue weighted by molar-refractivity contribution is -0.112. The molecule has 4 rings (SSSR count). The van der Waals surface area contributed by atoms with Gasteiger partial charge in [-0.2, -0.15) is 10.4 Å². The van der Waals surface area contributed by atoms with Crippen LogP contribution in [0.5, 0.6) is 11.5 Å². The molecule has 0 spiro atoms. The summed E-state index contributed by atoms with van der Waals surface area (Å²) >= 11 is 0. The second kappa shape index (κ2) is 11.6. The van der Waals surface area contributed by atoms with Crippen molar-refractivity contribution >= 4 is 17.7 Å². The number of hydrogen-bond donors (Lipinski definition) is 1. The lowest BCUT2D eigenvalue weighted by Crippen LogP contribution is -2.13. The summed E-state index contributed by atoms with van der Waals surface area (Å²) in [6.07, 6.45) is 5.05. The Hall–Kier alpha value is -5.09. The largest absolute Gasteiger partial charge is 0.497 e. The molecule has 0 bridgehead atoms. The Kier molecular flexibility index (Phi) is 7.82. The maximum absolute atomic E-state index is 13.0. The predicted octanol–water partition coefficient (Wildman–Crippen LogP) is 5.97. The fraction of sp³-hybridized carbons (Fsp3) is 0.100. The Morgan fingerprint density at radius 3 is 2.62 bits per heavy atom. The molecule has 0 atom stereocenters. The smallest absolute Gasteiger partial charge is 0.266 e. The quantitative estimate of drug-likeness (QED) is 0.177. The molecule has 7 nitrogen and oxygen atoms in total. The van der Waals surface area contributed by atoms with E-state index in [-0.39, 0.29) is 5.57 Å². The lowest BCUT2D eigenvalue weighted by atomic mass is 10.0. The van der Waals surface area contributed by atoms with Crippen molar-refractivity contribution in [1.29, 1.82) is 5.26 Å². The summed E-state index contributed by atoms with van der Waals surface area (Å²) < 4.78 is 12.6. The Morgan fingerprint density at radius 2 is 1.92 bits per heavy atom. The molecule has 0 saturated carbocycles. The van der Waals surface area contributed by atoms with Crippen molar-refractivity contribution in [3.8, 4) is 34.5 Å². The Balaban J connectivity index is 1.75. The molecule has 1 aromatic heterocycles. The molecule has 3 aromatic carbocycles. The molecule has 0 fully saturated rings. The summed E-state index contributed by atoms with van der Waals surface area (Å²) in [7, 11) is 1.55. The van der Waals surface area contributed by atoms with E-state index in [1.807, 2.05) is 67.7 Å². The molecule has 1 amide bonds.